The summed E-state index contributed by atoms with van der Waals surface area (Å²) in [7, 11) is -3.62. The van der Waals surface area contributed by atoms with E-state index in [4.69, 9.17) is 0 Å². The molecular formula is C7H14F3NO2S. The van der Waals surface area contributed by atoms with Gasteiger partial charge < -0.3 is 0 Å². The van der Waals surface area contributed by atoms with Crippen molar-refractivity contribution in [3.05, 3.63) is 0 Å². The Hall–Kier alpha value is -0.300. The third-order valence-electron chi connectivity index (χ3n) is 1.52. The zero-order valence-electron chi connectivity index (χ0n) is 8.22. The van der Waals surface area contributed by atoms with E-state index < -0.39 is 33.9 Å². The van der Waals surface area contributed by atoms with Gasteiger partial charge in [0.25, 0.3) is 0 Å². The highest BCUT2D eigenvalue weighted by Gasteiger charge is 2.32. The maximum Gasteiger partial charge on any atom is 0.390 e. The van der Waals surface area contributed by atoms with E-state index in [2.05, 4.69) is 0 Å². The Bertz CT molecular complexity index is 271. The fourth-order valence-electron chi connectivity index (χ4n) is 0.805. The Morgan fingerprint density at radius 2 is 1.64 bits per heavy atom. The first-order chi connectivity index (χ1) is 6.04. The molecule has 0 radical (unpaired) electrons. The van der Waals surface area contributed by atoms with Crippen molar-refractivity contribution in [2.75, 3.05) is 0 Å². The number of alkyl halides is 3. The molecule has 86 valence electrons. The Morgan fingerprint density at radius 1 is 1.21 bits per heavy atom. The van der Waals surface area contributed by atoms with Crippen LogP contribution < -0.4 is 4.72 Å². The smallest absolute Gasteiger partial charge is 0.212 e. The van der Waals surface area contributed by atoms with Gasteiger partial charge in [0.2, 0.25) is 10.0 Å². The lowest BCUT2D eigenvalue weighted by atomic mass is 10.2. The van der Waals surface area contributed by atoms with Crippen LogP contribution in [0.15, 0.2) is 0 Å². The lowest BCUT2D eigenvalue weighted by Crippen LogP contribution is -2.39. The molecule has 0 rings (SSSR count). The van der Waals surface area contributed by atoms with Crippen molar-refractivity contribution in [2.45, 2.75) is 44.7 Å². The zero-order chi connectivity index (χ0) is 11.6. The summed E-state index contributed by atoms with van der Waals surface area (Å²) in [4.78, 5) is 0. The Kier molecular flexibility index (Phi) is 4.38. The van der Waals surface area contributed by atoms with Crippen LogP contribution in [0.1, 0.15) is 27.2 Å². The van der Waals surface area contributed by atoms with Crippen LogP contribution >= 0.6 is 0 Å². The normalized spacial score (nSPS) is 15.9. The maximum atomic E-state index is 11.8. The molecule has 0 aromatic rings. The second kappa shape index (κ2) is 4.48. The van der Waals surface area contributed by atoms with Gasteiger partial charge in [-0.15, -0.1) is 0 Å². The van der Waals surface area contributed by atoms with Crippen molar-refractivity contribution < 1.29 is 21.6 Å². The van der Waals surface area contributed by atoms with Crippen LogP contribution in [-0.2, 0) is 10.0 Å². The molecule has 0 fully saturated rings. The van der Waals surface area contributed by atoms with Crippen molar-refractivity contribution >= 4 is 10.0 Å². The van der Waals surface area contributed by atoms with Crippen molar-refractivity contribution in [2.24, 2.45) is 0 Å². The summed E-state index contributed by atoms with van der Waals surface area (Å²) >= 11 is 0. The van der Waals surface area contributed by atoms with E-state index in [9.17, 15) is 21.6 Å². The van der Waals surface area contributed by atoms with E-state index in [1.807, 2.05) is 4.72 Å². The van der Waals surface area contributed by atoms with Gasteiger partial charge in [-0.1, -0.05) is 0 Å². The van der Waals surface area contributed by atoms with Gasteiger partial charge in [-0.25, -0.2) is 13.1 Å². The molecule has 0 spiro atoms. The molecule has 0 saturated carbocycles. The minimum Gasteiger partial charge on any atom is -0.212 e. The standard InChI is InChI=1S/C7H14F3NO2S/c1-5(2)14(12,13)11-6(3)4-7(8,9)10/h5-6,11H,4H2,1-3H3. The van der Waals surface area contributed by atoms with Gasteiger partial charge in [0.1, 0.15) is 0 Å². The van der Waals surface area contributed by atoms with E-state index in [-0.39, 0.29) is 0 Å². The topological polar surface area (TPSA) is 46.2 Å². The molecule has 0 bridgehead atoms. The largest absolute Gasteiger partial charge is 0.390 e. The van der Waals surface area contributed by atoms with Crippen molar-refractivity contribution in [3.8, 4) is 0 Å². The fraction of sp³-hybridized carbons (Fsp3) is 1.00. The second-order valence-corrected chi connectivity index (χ2v) is 5.70. The number of hydrogen-bond donors (Lipinski definition) is 1. The summed E-state index contributed by atoms with van der Waals surface area (Å²) in [6.45, 7) is 4.00. The lowest BCUT2D eigenvalue weighted by molar-refractivity contribution is -0.137. The number of nitrogens with one attached hydrogen (secondary N) is 1. The van der Waals surface area contributed by atoms with Gasteiger partial charge in [-0.3, -0.25) is 0 Å². The van der Waals surface area contributed by atoms with Crippen molar-refractivity contribution in [1.82, 2.24) is 4.72 Å². The monoisotopic (exact) mass is 233 g/mol. The number of halogens is 3. The summed E-state index contributed by atoms with van der Waals surface area (Å²) in [6.07, 6.45) is -5.50. The summed E-state index contributed by atoms with van der Waals surface area (Å²) in [6, 6.07) is -1.12. The van der Waals surface area contributed by atoms with E-state index in [0.29, 0.717) is 0 Å². The first-order valence-electron chi connectivity index (χ1n) is 4.12. The van der Waals surface area contributed by atoms with E-state index in [1.165, 1.54) is 20.8 Å². The van der Waals surface area contributed by atoms with Crippen LogP contribution in [0.5, 0.6) is 0 Å². The van der Waals surface area contributed by atoms with Crippen LogP contribution in [0.2, 0.25) is 0 Å². The molecule has 0 aliphatic carbocycles. The molecule has 0 amide bonds. The molecular weight excluding hydrogens is 219 g/mol. The highest BCUT2D eigenvalue weighted by Crippen LogP contribution is 2.21. The molecule has 1 unspecified atom stereocenters. The average molecular weight is 233 g/mol. The number of sulfonamides is 1. The van der Waals surface area contributed by atoms with E-state index >= 15 is 0 Å². The van der Waals surface area contributed by atoms with Crippen LogP contribution in [0, 0.1) is 0 Å². The lowest BCUT2D eigenvalue weighted by Gasteiger charge is -2.17. The fourth-order valence-corrected chi connectivity index (χ4v) is 1.72. The third kappa shape index (κ3) is 5.43. The molecule has 0 heterocycles. The summed E-state index contributed by atoms with van der Waals surface area (Å²) in [5.74, 6) is 0. The molecule has 1 N–H and O–H groups in total. The van der Waals surface area contributed by atoms with E-state index in [0.717, 1.165) is 0 Å². The van der Waals surface area contributed by atoms with Gasteiger partial charge >= 0.3 is 6.18 Å². The highest BCUT2D eigenvalue weighted by molar-refractivity contribution is 7.90. The van der Waals surface area contributed by atoms with Gasteiger partial charge in [-0.2, -0.15) is 13.2 Å². The maximum absolute atomic E-state index is 11.8. The number of rotatable bonds is 4. The highest BCUT2D eigenvalue weighted by atomic mass is 32.2. The van der Waals surface area contributed by atoms with Gasteiger partial charge in [-0.05, 0) is 20.8 Å². The molecule has 0 aromatic heterocycles. The molecule has 14 heavy (non-hydrogen) atoms. The van der Waals surface area contributed by atoms with Gasteiger partial charge in [0, 0.05) is 6.04 Å². The third-order valence-corrected chi connectivity index (χ3v) is 3.50. The first-order valence-corrected chi connectivity index (χ1v) is 5.67. The molecule has 1 atom stereocenters. The Morgan fingerprint density at radius 3 is 1.93 bits per heavy atom. The van der Waals surface area contributed by atoms with Crippen LogP contribution in [0.3, 0.4) is 0 Å². The minimum absolute atomic E-state index is 0.724. The Balaban J connectivity index is 4.28. The summed E-state index contributed by atoms with van der Waals surface area (Å²) in [5, 5.41) is -0.724. The average Bonchev–Trinajstić information content (AvgIpc) is 1.79. The molecule has 0 aliphatic rings. The molecule has 0 saturated heterocycles. The molecule has 0 aliphatic heterocycles. The van der Waals surface area contributed by atoms with Crippen LogP contribution in [-0.4, -0.2) is 25.9 Å². The predicted octanol–water partition coefficient (Wildman–Crippen LogP) is 1.66. The predicted molar refractivity (Wildman–Crippen MR) is 47.3 cm³/mol. The van der Waals surface area contributed by atoms with Gasteiger partial charge in [0.05, 0.1) is 11.7 Å². The van der Waals surface area contributed by atoms with Crippen LogP contribution in [0.25, 0.3) is 0 Å². The number of hydrogen-bond acceptors (Lipinski definition) is 2. The molecule has 7 heteroatoms. The minimum atomic E-state index is -4.35. The quantitative estimate of drug-likeness (QED) is 0.802. The molecule has 0 aromatic carbocycles. The van der Waals surface area contributed by atoms with Gasteiger partial charge in [0.15, 0.2) is 0 Å². The SMILES string of the molecule is CC(CC(F)(F)F)NS(=O)(=O)C(C)C. The zero-order valence-corrected chi connectivity index (χ0v) is 9.04. The van der Waals surface area contributed by atoms with Crippen LogP contribution in [0.4, 0.5) is 13.2 Å². The van der Waals surface area contributed by atoms with E-state index in [1.54, 1.807) is 0 Å². The summed E-state index contributed by atoms with van der Waals surface area (Å²) in [5.41, 5.74) is 0. The Labute approximate surface area is 81.7 Å². The van der Waals surface area contributed by atoms with Crippen molar-refractivity contribution in [3.63, 3.8) is 0 Å². The summed E-state index contributed by atoms with van der Waals surface area (Å²) < 4.78 is 59.8. The molecule has 3 nitrogen and oxygen atoms in total. The second-order valence-electron chi connectivity index (χ2n) is 3.43. The first kappa shape index (κ1) is 13.7. The van der Waals surface area contributed by atoms with Crippen molar-refractivity contribution in [1.29, 1.82) is 0 Å².